The largest absolute Gasteiger partial charge is 0.265 e. The highest BCUT2D eigenvalue weighted by Crippen LogP contribution is 2.22. The van der Waals surface area contributed by atoms with Crippen molar-refractivity contribution < 1.29 is 13.2 Å². The molecule has 0 aliphatic carbocycles. The molecule has 1 heterocycles. The summed E-state index contributed by atoms with van der Waals surface area (Å²) in [5.74, 6) is -0.633. The third-order valence-electron chi connectivity index (χ3n) is 2.39. The average molecular weight is 237 g/mol. The lowest BCUT2D eigenvalue weighted by atomic mass is 10.0. The van der Waals surface area contributed by atoms with Crippen molar-refractivity contribution >= 4 is 0 Å². The average Bonchev–Trinajstić information content (AvgIpc) is 2.29. The first-order chi connectivity index (χ1) is 8.15. The first kappa shape index (κ1) is 11.6. The molecule has 1 aromatic carbocycles. The van der Waals surface area contributed by atoms with Gasteiger partial charge < -0.3 is 0 Å². The van der Waals surface area contributed by atoms with E-state index < -0.39 is 12.2 Å². The van der Waals surface area contributed by atoms with Crippen LogP contribution in [0, 0.1) is 5.82 Å². The van der Waals surface area contributed by atoms with Crippen molar-refractivity contribution in [2.45, 2.75) is 12.8 Å². The van der Waals surface area contributed by atoms with Gasteiger partial charge in [-0.3, -0.25) is 4.98 Å². The number of rotatable bonds is 3. The second kappa shape index (κ2) is 4.99. The predicted octanol–water partition coefficient (Wildman–Crippen LogP) is 3.75. The van der Waals surface area contributed by atoms with Crippen LogP contribution < -0.4 is 0 Å². The molecule has 1 nitrogen and oxygen atoms in total. The molecule has 0 atom stereocenters. The van der Waals surface area contributed by atoms with Crippen LogP contribution in [0.5, 0.6) is 0 Å². The van der Waals surface area contributed by atoms with E-state index in [1.54, 1.807) is 24.5 Å². The lowest BCUT2D eigenvalue weighted by molar-refractivity contribution is 0.151. The minimum Gasteiger partial charge on any atom is -0.265 e. The van der Waals surface area contributed by atoms with Gasteiger partial charge in [0.15, 0.2) is 0 Å². The summed E-state index contributed by atoms with van der Waals surface area (Å²) in [7, 11) is 0. The second-order valence-corrected chi connectivity index (χ2v) is 3.73. The molecule has 0 unspecified atom stereocenters. The first-order valence-corrected chi connectivity index (χ1v) is 5.11. The number of halogens is 3. The van der Waals surface area contributed by atoms with E-state index in [1.807, 2.05) is 0 Å². The molecule has 0 aliphatic rings. The highest BCUT2D eigenvalue weighted by atomic mass is 19.3. The molecule has 2 aromatic rings. The van der Waals surface area contributed by atoms with Crippen molar-refractivity contribution in [2.24, 2.45) is 0 Å². The Morgan fingerprint density at radius 3 is 2.35 bits per heavy atom. The molecule has 0 bridgehead atoms. The van der Waals surface area contributed by atoms with Gasteiger partial charge in [-0.25, -0.2) is 13.2 Å². The molecule has 0 N–H and O–H groups in total. The van der Waals surface area contributed by atoms with Crippen LogP contribution >= 0.6 is 0 Å². The Labute approximate surface area is 96.9 Å². The first-order valence-electron chi connectivity index (χ1n) is 5.11. The summed E-state index contributed by atoms with van der Waals surface area (Å²) in [6.45, 7) is 0. The Kier molecular flexibility index (Phi) is 3.42. The molecule has 0 saturated heterocycles. The SMILES string of the molecule is Fc1cc(Cc2ccncc2)cc(C(F)F)c1. The number of alkyl halides is 2. The number of hydrogen-bond acceptors (Lipinski definition) is 1. The zero-order valence-corrected chi connectivity index (χ0v) is 8.91. The van der Waals surface area contributed by atoms with E-state index in [1.165, 1.54) is 12.1 Å². The van der Waals surface area contributed by atoms with Crippen LogP contribution in [0.2, 0.25) is 0 Å². The smallest absolute Gasteiger partial charge is 0.263 e. The van der Waals surface area contributed by atoms with Gasteiger partial charge in [0.2, 0.25) is 0 Å². The van der Waals surface area contributed by atoms with E-state index in [0.717, 1.165) is 11.6 Å². The number of aromatic nitrogens is 1. The number of nitrogens with zero attached hydrogens (tertiary/aromatic N) is 1. The maximum atomic E-state index is 13.1. The van der Waals surface area contributed by atoms with Crippen molar-refractivity contribution in [3.63, 3.8) is 0 Å². The Bertz CT molecular complexity index is 497. The van der Waals surface area contributed by atoms with Gasteiger partial charge in [0.05, 0.1) is 0 Å². The zero-order valence-electron chi connectivity index (χ0n) is 8.91. The monoisotopic (exact) mass is 237 g/mol. The molecule has 17 heavy (non-hydrogen) atoms. The summed E-state index contributed by atoms with van der Waals surface area (Å²) in [6.07, 6.45) is 0.993. The normalized spacial score (nSPS) is 10.8. The van der Waals surface area contributed by atoms with Gasteiger partial charge in [0.1, 0.15) is 5.82 Å². The summed E-state index contributed by atoms with van der Waals surface area (Å²) < 4.78 is 38.1. The van der Waals surface area contributed by atoms with Gasteiger partial charge >= 0.3 is 0 Å². The minimum atomic E-state index is -2.65. The van der Waals surface area contributed by atoms with Crippen molar-refractivity contribution in [1.29, 1.82) is 0 Å². The summed E-state index contributed by atoms with van der Waals surface area (Å²) in [6, 6.07) is 7.00. The maximum absolute atomic E-state index is 13.1. The van der Waals surface area contributed by atoms with E-state index >= 15 is 0 Å². The van der Waals surface area contributed by atoms with Crippen LogP contribution in [0.15, 0.2) is 42.7 Å². The van der Waals surface area contributed by atoms with E-state index in [0.29, 0.717) is 12.0 Å². The van der Waals surface area contributed by atoms with Gasteiger partial charge in [-0.15, -0.1) is 0 Å². The third kappa shape index (κ3) is 3.06. The molecule has 0 aliphatic heterocycles. The number of hydrogen-bond donors (Lipinski definition) is 0. The Morgan fingerprint density at radius 1 is 1.00 bits per heavy atom. The van der Waals surface area contributed by atoms with E-state index in [2.05, 4.69) is 4.98 Å². The molecular weight excluding hydrogens is 227 g/mol. The van der Waals surface area contributed by atoms with Crippen LogP contribution in [-0.4, -0.2) is 4.98 Å². The van der Waals surface area contributed by atoms with Crippen LogP contribution in [0.25, 0.3) is 0 Å². The quantitative estimate of drug-likeness (QED) is 0.792. The topological polar surface area (TPSA) is 12.9 Å². The third-order valence-corrected chi connectivity index (χ3v) is 2.39. The zero-order chi connectivity index (χ0) is 12.3. The fourth-order valence-corrected chi connectivity index (χ4v) is 1.64. The summed E-state index contributed by atoms with van der Waals surface area (Å²) in [5, 5.41) is 0. The van der Waals surface area contributed by atoms with E-state index in [4.69, 9.17) is 0 Å². The van der Waals surface area contributed by atoms with Crippen molar-refractivity contribution in [3.8, 4) is 0 Å². The van der Waals surface area contributed by atoms with Gasteiger partial charge in [0.25, 0.3) is 6.43 Å². The molecule has 0 fully saturated rings. The molecule has 4 heteroatoms. The molecular formula is C13H10F3N. The van der Waals surface area contributed by atoms with Crippen molar-refractivity contribution in [1.82, 2.24) is 4.98 Å². The van der Waals surface area contributed by atoms with Crippen molar-refractivity contribution in [3.05, 3.63) is 65.2 Å². The molecule has 1 aromatic heterocycles. The van der Waals surface area contributed by atoms with E-state index in [9.17, 15) is 13.2 Å². The summed E-state index contributed by atoms with van der Waals surface area (Å²) in [4.78, 5) is 3.86. The molecule has 0 amide bonds. The fourth-order valence-electron chi connectivity index (χ4n) is 1.64. The van der Waals surface area contributed by atoms with Gasteiger partial charge in [-0.2, -0.15) is 0 Å². The summed E-state index contributed by atoms with van der Waals surface area (Å²) >= 11 is 0. The Morgan fingerprint density at radius 2 is 1.71 bits per heavy atom. The molecule has 0 saturated carbocycles. The lowest BCUT2D eigenvalue weighted by Gasteiger charge is -2.05. The highest BCUT2D eigenvalue weighted by molar-refractivity contribution is 5.30. The van der Waals surface area contributed by atoms with E-state index in [-0.39, 0.29) is 5.56 Å². The Hall–Kier alpha value is -1.84. The lowest BCUT2D eigenvalue weighted by Crippen LogP contribution is -1.94. The van der Waals surface area contributed by atoms with Gasteiger partial charge in [0, 0.05) is 18.0 Å². The number of benzene rings is 1. The predicted molar refractivity (Wildman–Crippen MR) is 58.4 cm³/mol. The van der Waals surface area contributed by atoms with Crippen LogP contribution in [0.1, 0.15) is 23.1 Å². The molecule has 0 radical (unpaired) electrons. The maximum Gasteiger partial charge on any atom is 0.263 e. The van der Waals surface area contributed by atoms with Gasteiger partial charge in [-0.1, -0.05) is 0 Å². The van der Waals surface area contributed by atoms with Gasteiger partial charge in [-0.05, 0) is 47.9 Å². The fraction of sp³-hybridized carbons (Fsp3) is 0.154. The summed E-state index contributed by atoms with van der Waals surface area (Å²) in [5.41, 5.74) is 1.16. The standard InChI is InChI=1S/C13H10F3N/c14-12-7-10(6-11(8-12)13(15)16)5-9-1-3-17-4-2-9/h1-4,6-8,13H,5H2. The molecule has 0 spiro atoms. The molecule has 88 valence electrons. The minimum absolute atomic E-state index is 0.283. The van der Waals surface area contributed by atoms with Crippen molar-refractivity contribution in [2.75, 3.05) is 0 Å². The van der Waals surface area contributed by atoms with Crippen LogP contribution in [0.3, 0.4) is 0 Å². The number of pyridine rings is 1. The van der Waals surface area contributed by atoms with Crippen LogP contribution in [-0.2, 0) is 6.42 Å². The Balaban J connectivity index is 2.27. The van der Waals surface area contributed by atoms with Crippen LogP contribution in [0.4, 0.5) is 13.2 Å². The highest BCUT2D eigenvalue weighted by Gasteiger charge is 2.10. The molecule has 2 rings (SSSR count). The second-order valence-electron chi connectivity index (χ2n) is 3.73.